The maximum Gasteiger partial charge on any atom is 0.338 e. The number of rotatable bonds is 14. The molecule has 4 nitrogen and oxygen atoms in total. The largest absolute Gasteiger partial charge is 0.462 e. The molecule has 4 heteroatoms. The third kappa shape index (κ3) is 7.96. The summed E-state index contributed by atoms with van der Waals surface area (Å²) in [7, 11) is 0. The van der Waals surface area contributed by atoms with Crippen molar-refractivity contribution in [3.63, 3.8) is 0 Å². The van der Waals surface area contributed by atoms with E-state index in [0.717, 1.165) is 62.1 Å². The lowest BCUT2D eigenvalue weighted by molar-refractivity contribution is 0.0419. The average Bonchev–Trinajstić information content (AvgIpc) is 2.83. The van der Waals surface area contributed by atoms with Gasteiger partial charge in [-0.1, -0.05) is 78.4 Å². The van der Waals surface area contributed by atoms with Gasteiger partial charge in [-0.25, -0.2) is 9.59 Å². The summed E-state index contributed by atoms with van der Waals surface area (Å²) in [5.74, 6) is 0.260. The third-order valence-corrected chi connectivity index (χ3v) is 6.30. The summed E-state index contributed by atoms with van der Waals surface area (Å²) in [6.07, 6.45) is 8.85. The first-order valence-electron chi connectivity index (χ1n) is 12.4. The lowest BCUT2D eigenvalue weighted by Gasteiger charge is -2.15. The first-order chi connectivity index (χ1) is 15.5. The second kappa shape index (κ2) is 13.9. The summed E-state index contributed by atoms with van der Waals surface area (Å²) in [6.45, 7) is 9.56. The van der Waals surface area contributed by atoms with Gasteiger partial charge in [-0.05, 0) is 59.7 Å². The molecule has 0 saturated carbocycles. The topological polar surface area (TPSA) is 52.6 Å². The van der Waals surface area contributed by atoms with Gasteiger partial charge in [-0.2, -0.15) is 0 Å². The van der Waals surface area contributed by atoms with Gasteiger partial charge in [0.2, 0.25) is 0 Å². The highest BCUT2D eigenvalue weighted by molar-refractivity contribution is 5.99. The number of esters is 2. The molecule has 176 valence electrons. The van der Waals surface area contributed by atoms with Crippen LogP contribution in [-0.2, 0) is 9.47 Å². The SMILES string of the molecule is CCCCC(CC)COC(=O)c1ccc2cc(C(=O)OCC(CC)CCCC)ccc2c1. The van der Waals surface area contributed by atoms with Crippen molar-refractivity contribution in [3.05, 3.63) is 47.5 Å². The van der Waals surface area contributed by atoms with Crippen LogP contribution in [0, 0.1) is 11.8 Å². The molecule has 2 rings (SSSR count). The molecular weight excluding hydrogens is 400 g/mol. The first-order valence-corrected chi connectivity index (χ1v) is 12.4. The molecule has 0 fully saturated rings. The van der Waals surface area contributed by atoms with E-state index in [0.29, 0.717) is 36.2 Å². The minimum atomic E-state index is -0.289. The molecule has 0 spiro atoms. The lowest BCUT2D eigenvalue weighted by atomic mass is 10.0. The van der Waals surface area contributed by atoms with Crippen LogP contribution < -0.4 is 0 Å². The van der Waals surface area contributed by atoms with Crippen LogP contribution in [0.15, 0.2) is 36.4 Å². The van der Waals surface area contributed by atoms with E-state index in [1.807, 2.05) is 24.3 Å². The van der Waals surface area contributed by atoms with Gasteiger partial charge in [-0.3, -0.25) is 0 Å². The van der Waals surface area contributed by atoms with Crippen molar-refractivity contribution in [2.75, 3.05) is 13.2 Å². The number of carbonyl (C=O) groups excluding carboxylic acids is 2. The highest BCUT2D eigenvalue weighted by Crippen LogP contribution is 2.21. The van der Waals surface area contributed by atoms with Crippen LogP contribution >= 0.6 is 0 Å². The Hall–Kier alpha value is -2.36. The molecule has 0 aliphatic carbocycles. The van der Waals surface area contributed by atoms with Crippen molar-refractivity contribution in [1.82, 2.24) is 0 Å². The summed E-state index contributed by atoms with van der Waals surface area (Å²) in [5, 5.41) is 1.81. The van der Waals surface area contributed by atoms with Gasteiger partial charge in [0, 0.05) is 0 Å². The maximum atomic E-state index is 12.5. The Morgan fingerprint density at radius 3 is 1.44 bits per heavy atom. The molecule has 0 aromatic heterocycles. The fourth-order valence-corrected chi connectivity index (χ4v) is 3.85. The fourth-order valence-electron chi connectivity index (χ4n) is 3.85. The van der Waals surface area contributed by atoms with Gasteiger partial charge in [0.15, 0.2) is 0 Å². The molecule has 32 heavy (non-hydrogen) atoms. The molecule has 2 aromatic carbocycles. The predicted octanol–water partition coefficient (Wildman–Crippen LogP) is 7.59. The summed E-state index contributed by atoms with van der Waals surface area (Å²) in [5.41, 5.74) is 1.08. The van der Waals surface area contributed by atoms with Gasteiger partial charge < -0.3 is 9.47 Å². The average molecular weight is 441 g/mol. The van der Waals surface area contributed by atoms with Crippen molar-refractivity contribution >= 4 is 22.7 Å². The fraction of sp³-hybridized carbons (Fsp3) is 0.571. The smallest absolute Gasteiger partial charge is 0.338 e. The number of hydrogen-bond donors (Lipinski definition) is 0. The number of fused-ring (bicyclic) bond motifs is 1. The van der Waals surface area contributed by atoms with Crippen molar-refractivity contribution in [1.29, 1.82) is 0 Å². The van der Waals surface area contributed by atoms with E-state index >= 15 is 0 Å². The van der Waals surface area contributed by atoms with E-state index in [1.165, 1.54) is 0 Å². The Balaban J connectivity index is 1.98. The standard InChI is InChI=1S/C28H40O4/c1-5-9-11-21(7-3)19-31-27(29)25-15-13-24-18-26(16-14-23(24)17-25)28(30)32-20-22(8-4)12-10-6-2/h13-18,21-22H,5-12,19-20H2,1-4H3. The van der Waals surface area contributed by atoms with Crippen molar-refractivity contribution in [2.24, 2.45) is 11.8 Å². The Bertz CT molecular complexity index is 786. The number of benzene rings is 2. The van der Waals surface area contributed by atoms with E-state index < -0.39 is 0 Å². The Kier molecular flexibility index (Phi) is 11.3. The Morgan fingerprint density at radius 1 is 0.688 bits per heavy atom. The zero-order chi connectivity index (χ0) is 23.3. The van der Waals surface area contributed by atoms with Crippen molar-refractivity contribution < 1.29 is 19.1 Å². The van der Waals surface area contributed by atoms with Crippen LogP contribution in [0.5, 0.6) is 0 Å². The van der Waals surface area contributed by atoms with Crippen LogP contribution in [0.3, 0.4) is 0 Å². The molecule has 0 aliphatic heterocycles. The van der Waals surface area contributed by atoms with Crippen LogP contribution in [0.4, 0.5) is 0 Å². The number of unbranched alkanes of at least 4 members (excludes halogenated alkanes) is 2. The minimum Gasteiger partial charge on any atom is -0.462 e. The molecule has 0 radical (unpaired) electrons. The van der Waals surface area contributed by atoms with E-state index in [4.69, 9.17) is 9.47 Å². The van der Waals surface area contributed by atoms with Crippen LogP contribution in [-0.4, -0.2) is 25.2 Å². The molecular formula is C28H40O4. The zero-order valence-electron chi connectivity index (χ0n) is 20.3. The second-order valence-electron chi connectivity index (χ2n) is 8.81. The summed E-state index contributed by atoms with van der Waals surface area (Å²) in [6, 6.07) is 10.9. The van der Waals surface area contributed by atoms with E-state index in [2.05, 4.69) is 27.7 Å². The molecule has 2 unspecified atom stereocenters. The highest BCUT2D eigenvalue weighted by atomic mass is 16.5. The molecule has 0 amide bonds. The van der Waals surface area contributed by atoms with E-state index in [-0.39, 0.29) is 11.9 Å². The monoisotopic (exact) mass is 440 g/mol. The molecule has 0 aliphatic rings. The van der Waals surface area contributed by atoms with Gasteiger partial charge in [0.25, 0.3) is 0 Å². The predicted molar refractivity (Wildman–Crippen MR) is 131 cm³/mol. The quantitative estimate of drug-likeness (QED) is 0.284. The van der Waals surface area contributed by atoms with Gasteiger partial charge in [0.05, 0.1) is 24.3 Å². The summed E-state index contributed by atoms with van der Waals surface area (Å²) >= 11 is 0. The zero-order valence-corrected chi connectivity index (χ0v) is 20.3. The molecule has 2 atom stereocenters. The Labute approximate surface area is 193 Å². The van der Waals surface area contributed by atoms with Crippen LogP contribution in [0.1, 0.15) is 99.8 Å². The number of ether oxygens (including phenoxy) is 2. The minimum absolute atomic E-state index is 0.289. The summed E-state index contributed by atoms with van der Waals surface area (Å²) in [4.78, 5) is 25.0. The number of hydrogen-bond acceptors (Lipinski definition) is 4. The molecule has 0 N–H and O–H groups in total. The van der Waals surface area contributed by atoms with Crippen LogP contribution in [0.2, 0.25) is 0 Å². The van der Waals surface area contributed by atoms with Crippen molar-refractivity contribution in [2.45, 2.75) is 79.1 Å². The number of carbonyl (C=O) groups is 2. The van der Waals surface area contributed by atoms with Gasteiger partial charge >= 0.3 is 11.9 Å². The van der Waals surface area contributed by atoms with Gasteiger partial charge in [0.1, 0.15) is 0 Å². The van der Waals surface area contributed by atoms with E-state index in [9.17, 15) is 9.59 Å². The highest BCUT2D eigenvalue weighted by Gasteiger charge is 2.15. The van der Waals surface area contributed by atoms with E-state index in [1.54, 1.807) is 12.1 Å². The maximum absolute atomic E-state index is 12.5. The van der Waals surface area contributed by atoms with Crippen LogP contribution in [0.25, 0.3) is 10.8 Å². The normalized spacial score (nSPS) is 13.0. The van der Waals surface area contributed by atoms with Crippen molar-refractivity contribution in [3.8, 4) is 0 Å². The molecule has 0 saturated heterocycles. The molecule has 2 aromatic rings. The van der Waals surface area contributed by atoms with Gasteiger partial charge in [-0.15, -0.1) is 0 Å². The first kappa shape index (κ1) is 25.9. The molecule has 0 bridgehead atoms. The molecule has 0 heterocycles. The second-order valence-corrected chi connectivity index (χ2v) is 8.81. The summed E-state index contributed by atoms with van der Waals surface area (Å²) < 4.78 is 11.1. The Morgan fingerprint density at radius 2 is 1.09 bits per heavy atom. The third-order valence-electron chi connectivity index (χ3n) is 6.30. The lowest BCUT2D eigenvalue weighted by Crippen LogP contribution is -2.14.